The number of ether oxygens (including phenoxy) is 1. The molecule has 2 fully saturated rings. The highest BCUT2D eigenvalue weighted by Gasteiger charge is 2.44. The molecule has 11 nitrogen and oxygen atoms in total. The number of carbonyl (C=O) groups is 2. The predicted octanol–water partition coefficient (Wildman–Crippen LogP) is 3.28. The van der Waals surface area contributed by atoms with Gasteiger partial charge < -0.3 is 15.4 Å². The smallest absolute Gasteiger partial charge is 0.260 e. The highest BCUT2D eigenvalue weighted by Crippen LogP contribution is 2.41. The fourth-order valence-electron chi connectivity index (χ4n) is 5.06. The van der Waals surface area contributed by atoms with Crippen molar-refractivity contribution < 1.29 is 14.3 Å². The van der Waals surface area contributed by atoms with E-state index in [2.05, 4.69) is 30.7 Å². The van der Waals surface area contributed by atoms with Crippen LogP contribution in [0.2, 0.25) is 0 Å². The van der Waals surface area contributed by atoms with E-state index < -0.39 is 0 Å². The van der Waals surface area contributed by atoms with Gasteiger partial charge in [0.15, 0.2) is 0 Å². The fraction of sp³-hybridized carbons (Fsp3) is 0.423. The summed E-state index contributed by atoms with van der Waals surface area (Å²) in [4.78, 5) is 34.2. The summed E-state index contributed by atoms with van der Waals surface area (Å²) in [6, 6.07) is 2.44. The molecule has 2 atom stereocenters. The number of thiazole rings is 1. The SMILES string of the molecule is COCCn1cc(-c2cn3ncc(C(=O)Nc4cc(NC(=O)CCN5CC6CCC65)cnc4C)c3s2)cn1. The van der Waals surface area contributed by atoms with Crippen molar-refractivity contribution in [3.63, 3.8) is 0 Å². The van der Waals surface area contributed by atoms with E-state index in [1.165, 1.54) is 24.2 Å². The fourth-order valence-corrected chi connectivity index (χ4v) is 6.09. The molecule has 6 rings (SSSR count). The number of hydrogen-bond donors (Lipinski definition) is 2. The Kier molecular flexibility index (Phi) is 6.68. The molecule has 2 amide bonds. The van der Waals surface area contributed by atoms with Crippen molar-refractivity contribution in [1.82, 2.24) is 29.3 Å². The Bertz CT molecular complexity index is 1490. The standard InChI is InChI=1S/C26H30N8O3S/c1-16-21(9-19(11-27-16)30-24(35)5-6-32-13-17-3-4-22(17)32)31-25(36)20-12-29-34-15-23(38-26(20)34)18-10-28-33(14-18)7-8-37-2/h9-12,14-15,17,22H,3-8,13H2,1-2H3,(H,30,35)(H,31,36). The third-order valence-corrected chi connectivity index (χ3v) is 8.60. The van der Waals surface area contributed by atoms with Crippen LogP contribution in [0.1, 0.15) is 35.3 Å². The summed E-state index contributed by atoms with van der Waals surface area (Å²) in [5.74, 6) is 0.518. The van der Waals surface area contributed by atoms with Crippen molar-refractivity contribution in [3.8, 4) is 10.4 Å². The second-order valence-electron chi connectivity index (χ2n) is 9.90. The molecule has 12 heteroatoms. The van der Waals surface area contributed by atoms with E-state index in [1.807, 2.05) is 24.0 Å². The number of aromatic nitrogens is 5. The molecule has 0 spiro atoms. The number of hydrogen-bond acceptors (Lipinski definition) is 8. The van der Waals surface area contributed by atoms with Crippen LogP contribution in [-0.4, -0.2) is 73.9 Å². The number of methoxy groups -OCH3 is 1. The third kappa shape index (κ3) is 4.82. The van der Waals surface area contributed by atoms with Crippen molar-refractivity contribution >= 4 is 39.4 Å². The van der Waals surface area contributed by atoms with Gasteiger partial charge in [-0.05, 0) is 31.7 Å². The molecule has 0 radical (unpaired) electrons. The van der Waals surface area contributed by atoms with E-state index >= 15 is 0 Å². The summed E-state index contributed by atoms with van der Waals surface area (Å²) in [6.45, 7) is 4.96. The van der Waals surface area contributed by atoms with Crippen LogP contribution in [0.5, 0.6) is 0 Å². The number of pyridine rings is 1. The van der Waals surface area contributed by atoms with E-state index in [0.29, 0.717) is 48.2 Å². The van der Waals surface area contributed by atoms with Gasteiger partial charge in [0.25, 0.3) is 5.91 Å². The molecule has 4 aromatic rings. The molecular weight excluding hydrogens is 504 g/mol. The number of nitrogens with zero attached hydrogens (tertiary/aromatic N) is 6. The summed E-state index contributed by atoms with van der Waals surface area (Å²) in [5, 5.41) is 14.6. The Balaban J connectivity index is 1.11. The topological polar surface area (TPSA) is 119 Å². The Labute approximate surface area is 223 Å². The zero-order valence-corrected chi connectivity index (χ0v) is 22.2. The highest BCUT2D eigenvalue weighted by molar-refractivity contribution is 7.21. The van der Waals surface area contributed by atoms with Gasteiger partial charge in [0.1, 0.15) is 4.83 Å². The molecule has 1 saturated carbocycles. The lowest BCUT2D eigenvalue weighted by atomic mass is 9.71. The first-order valence-corrected chi connectivity index (χ1v) is 13.6. The van der Waals surface area contributed by atoms with E-state index in [9.17, 15) is 9.59 Å². The van der Waals surface area contributed by atoms with Crippen molar-refractivity contribution in [1.29, 1.82) is 0 Å². The zero-order valence-electron chi connectivity index (χ0n) is 21.4. The van der Waals surface area contributed by atoms with Crippen LogP contribution in [-0.2, 0) is 16.1 Å². The number of aryl methyl sites for hydroxylation is 1. The van der Waals surface area contributed by atoms with Crippen molar-refractivity contribution in [3.05, 3.63) is 48.3 Å². The lowest BCUT2D eigenvalue weighted by Crippen LogP contribution is -2.62. The number of likely N-dealkylation sites (tertiary alicyclic amines) is 1. The maximum absolute atomic E-state index is 13.2. The van der Waals surface area contributed by atoms with E-state index in [0.717, 1.165) is 34.3 Å². The monoisotopic (exact) mass is 534 g/mol. The van der Waals surface area contributed by atoms with Gasteiger partial charge in [-0.25, -0.2) is 4.52 Å². The number of nitrogens with one attached hydrogen (secondary N) is 2. The normalized spacial score (nSPS) is 18.6. The van der Waals surface area contributed by atoms with E-state index in [1.54, 1.807) is 36.3 Å². The maximum atomic E-state index is 13.2. The Morgan fingerprint density at radius 1 is 1.13 bits per heavy atom. The van der Waals surface area contributed by atoms with Crippen LogP contribution in [0.25, 0.3) is 15.3 Å². The van der Waals surface area contributed by atoms with Gasteiger partial charge in [-0.2, -0.15) is 10.2 Å². The number of carbonyl (C=O) groups excluding carboxylic acids is 2. The number of anilines is 2. The van der Waals surface area contributed by atoms with Gasteiger partial charge in [-0.1, -0.05) is 0 Å². The third-order valence-electron chi connectivity index (χ3n) is 7.44. The Hall–Kier alpha value is -3.61. The Morgan fingerprint density at radius 3 is 2.79 bits per heavy atom. The van der Waals surface area contributed by atoms with Gasteiger partial charge >= 0.3 is 0 Å². The minimum Gasteiger partial charge on any atom is -0.383 e. The van der Waals surface area contributed by atoms with Crippen molar-refractivity contribution in [2.45, 2.75) is 38.8 Å². The molecule has 38 heavy (non-hydrogen) atoms. The maximum Gasteiger partial charge on any atom is 0.260 e. The minimum absolute atomic E-state index is 0.0503. The lowest BCUT2D eigenvalue weighted by molar-refractivity contribution is -0.118. The summed E-state index contributed by atoms with van der Waals surface area (Å²) in [7, 11) is 1.66. The first kappa shape index (κ1) is 24.7. The minimum atomic E-state index is -0.287. The summed E-state index contributed by atoms with van der Waals surface area (Å²) >= 11 is 1.47. The summed E-state index contributed by atoms with van der Waals surface area (Å²) < 4.78 is 8.64. The second kappa shape index (κ2) is 10.3. The lowest BCUT2D eigenvalue weighted by Gasteiger charge is -2.55. The summed E-state index contributed by atoms with van der Waals surface area (Å²) in [6.07, 6.45) is 11.8. The molecule has 1 saturated heterocycles. The molecule has 4 aromatic heterocycles. The van der Waals surface area contributed by atoms with E-state index in [4.69, 9.17) is 4.74 Å². The molecule has 2 N–H and O–H groups in total. The number of fused-ring (bicyclic) bond motifs is 2. The van der Waals surface area contributed by atoms with Gasteiger partial charge in [0, 0.05) is 50.6 Å². The number of rotatable bonds is 10. The van der Waals surface area contributed by atoms with Crippen LogP contribution in [0.15, 0.2) is 37.1 Å². The Morgan fingerprint density at radius 2 is 2.03 bits per heavy atom. The van der Waals surface area contributed by atoms with Gasteiger partial charge in [0.05, 0.1) is 59.3 Å². The van der Waals surface area contributed by atoms with Crippen LogP contribution >= 0.6 is 11.3 Å². The van der Waals surface area contributed by atoms with Gasteiger partial charge in [-0.15, -0.1) is 11.3 Å². The number of amides is 2. The largest absolute Gasteiger partial charge is 0.383 e. The molecular formula is C26H30N8O3S. The van der Waals surface area contributed by atoms with Crippen LogP contribution in [0.4, 0.5) is 11.4 Å². The molecule has 0 bridgehead atoms. The van der Waals surface area contributed by atoms with Crippen LogP contribution < -0.4 is 10.6 Å². The molecule has 2 aliphatic rings. The van der Waals surface area contributed by atoms with E-state index in [-0.39, 0.29) is 11.8 Å². The second-order valence-corrected chi connectivity index (χ2v) is 10.9. The highest BCUT2D eigenvalue weighted by atomic mass is 32.1. The van der Waals surface area contributed by atoms with Crippen molar-refractivity contribution in [2.24, 2.45) is 5.92 Å². The molecule has 1 aliphatic carbocycles. The summed E-state index contributed by atoms with van der Waals surface area (Å²) in [5.41, 5.74) is 3.18. The molecule has 0 aromatic carbocycles. The first-order chi connectivity index (χ1) is 18.5. The zero-order chi connectivity index (χ0) is 26.2. The molecule has 5 heterocycles. The van der Waals surface area contributed by atoms with Crippen molar-refractivity contribution in [2.75, 3.05) is 37.4 Å². The molecule has 1 aliphatic heterocycles. The molecule has 198 valence electrons. The van der Waals surface area contributed by atoms with Crippen LogP contribution in [0.3, 0.4) is 0 Å². The average molecular weight is 535 g/mol. The average Bonchev–Trinajstić information content (AvgIpc) is 3.61. The number of piperidine rings is 1. The molecule has 2 unspecified atom stereocenters. The van der Waals surface area contributed by atoms with Gasteiger partial charge in [0.2, 0.25) is 5.91 Å². The van der Waals surface area contributed by atoms with Crippen LogP contribution in [0, 0.1) is 12.8 Å². The predicted molar refractivity (Wildman–Crippen MR) is 144 cm³/mol. The first-order valence-electron chi connectivity index (χ1n) is 12.8. The quantitative estimate of drug-likeness (QED) is 0.321. The van der Waals surface area contributed by atoms with Gasteiger partial charge in [-0.3, -0.25) is 24.2 Å².